The van der Waals surface area contributed by atoms with Crippen molar-refractivity contribution in [2.45, 2.75) is 19.9 Å². The van der Waals surface area contributed by atoms with Gasteiger partial charge in [-0.15, -0.1) is 0 Å². The lowest BCUT2D eigenvalue weighted by Crippen LogP contribution is -2.32. The summed E-state index contributed by atoms with van der Waals surface area (Å²) in [4.78, 5) is 16.2. The summed E-state index contributed by atoms with van der Waals surface area (Å²) < 4.78 is 1.68. The summed E-state index contributed by atoms with van der Waals surface area (Å²) in [7, 11) is 4.17. The highest BCUT2D eigenvalue weighted by Gasteiger charge is 2.04. The van der Waals surface area contributed by atoms with Gasteiger partial charge in [0.05, 0.1) is 0 Å². The van der Waals surface area contributed by atoms with E-state index in [1.165, 1.54) is 6.07 Å². The van der Waals surface area contributed by atoms with Crippen molar-refractivity contribution in [3.63, 3.8) is 0 Å². The van der Waals surface area contributed by atoms with Gasteiger partial charge < -0.3 is 20.1 Å². The number of nitrogen functional groups attached to an aromatic ring is 1. The zero-order valence-corrected chi connectivity index (χ0v) is 12.3. The van der Waals surface area contributed by atoms with Crippen LogP contribution in [0, 0.1) is 0 Å². The Balaban J connectivity index is 2.44. The Bertz CT molecular complexity index is 428. The smallest absolute Gasteiger partial charge is 0.250 e. The molecule has 0 aliphatic carbocycles. The lowest BCUT2D eigenvalue weighted by molar-refractivity contribution is 0.256. The summed E-state index contributed by atoms with van der Waals surface area (Å²) in [6.07, 6.45) is 2.86. The van der Waals surface area contributed by atoms with Gasteiger partial charge in [-0.3, -0.25) is 4.79 Å². The third-order valence-electron chi connectivity index (χ3n) is 3.19. The number of anilines is 1. The van der Waals surface area contributed by atoms with Crippen LogP contribution in [-0.2, 0) is 6.54 Å². The Kier molecular flexibility index (Phi) is 6.59. The molecule has 0 aromatic carbocycles. The van der Waals surface area contributed by atoms with E-state index in [-0.39, 0.29) is 5.56 Å². The second kappa shape index (κ2) is 7.96. The zero-order chi connectivity index (χ0) is 14.3. The number of rotatable bonds is 8. The van der Waals surface area contributed by atoms with Gasteiger partial charge in [0.15, 0.2) is 0 Å². The fourth-order valence-electron chi connectivity index (χ4n) is 2.01. The average molecular weight is 266 g/mol. The molecule has 0 radical (unpaired) electrons. The number of aromatic nitrogens is 1. The van der Waals surface area contributed by atoms with Gasteiger partial charge in [0, 0.05) is 31.0 Å². The van der Waals surface area contributed by atoms with Crippen LogP contribution in [0.3, 0.4) is 0 Å². The molecule has 0 atom stereocenters. The van der Waals surface area contributed by atoms with E-state index in [1.807, 2.05) is 0 Å². The molecular weight excluding hydrogens is 240 g/mol. The van der Waals surface area contributed by atoms with Gasteiger partial charge in [-0.2, -0.15) is 0 Å². The van der Waals surface area contributed by atoms with E-state index in [4.69, 9.17) is 5.73 Å². The molecule has 5 heteroatoms. The molecule has 0 fully saturated rings. The van der Waals surface area contributed by atoms with Gasteiger partial charge in [0.1, 0.15) is 0 Å². The third kappa shape index (κ3) is 5.89. The normalized spacial score (nSPS) is 11.4. The maximum absolute atomic E-state index is 11.7. The van der Waals surface area contributed by atoms with Crippen molar-refractivity contribution < 1.29 is 0 Å². The number of hydrogen-bond donors (Lipinski definition) is 1. The predicted octanol–water partition coefficient (Wildman–Crippen LogP) is 0.704. The highest BCUT2D eigenvalue weighted by molar-refractivity contribution is 5.33. The van der Waals surface area contributed by atoms with Crippen LogP contribution in [0.1, 0.15) is 13.3 Å². The number of likely N-dealkylation sites (N-methyl/N-ethyl adjacent to an activating group) is 1. The number of nitrogens with two attached hydrogens (primary N) is 1. The Morgan fingerprint density at radius 1 is 1.21 bits per heavy atom. The zero-order valence-electron chi connectivity index (χ0n) is 12.3. The van der Waals surface area contributed by atoms with E-state index in [2.05, 4.69) is 30.8 Å². The molecule has 1 heterocycles. The molecular formula is C14H26N4O. The van der Waals surface area contributed by atoms with Crippen LogP contribution >= 0.6 is 0 Å². The minimum Gasteiger partial charge on any atom is -0.398 e. The SMILES string of the molecule is CCN(CCCN(C)C)CCn1cc(N)ccc1=O. The summed E-state index contributed by atoms with van der Waals surface area (Å²) in [6.45, 7) is 6.88. The van der Waals surface area contributed by atoms with Gasteiger partial charge in [0.25, 0.3) is 5.56 Å². The Morgan fingerprint density at radius 3 is 2.58 bits per heavy atom. The Morgan fingerprint density at radius 2 is 1.95 bits per heavy atom. The summed E-state index contributed by atoms with van der Waals surface area (Å²) in [5.41, 5.74) is 6.35. The summed E-state index contributed by atoms with van der Waals surface area (Å²) in [6, 6.07) is 3.17. The third-order valence-corrected chi connectivity index (χ3v) is 3.19. The van der Waals surface area contributed by atoms with Gasteiger partial charge >= 0.3 is 0 Å². The van der Waals surface area contributed by atoms with Crippen molar-refractivity contribution in [2.24, 2.45) is 0 Å². The number of nitrogens with zero attached hydrogens (tertiary/aromatic N) is 3. The summed E-state index contributed by atoms with van der Waals surface area (Å²) in [5, 5.41) is 0. The van der Waals surface area contributed by atoms with Crippen LogP contribution in [0.4, 0.5) is 5.69 Å². The standard InChI is InChI=1S/C14H26N4O/c1-4-17(9-5-8-16(2)3)10-11-18-12-13(15)6-7-14(18)19/h6-7,12H,4-5,8-11,15H2,1-3H3. The second-order valence-corrected chi connectivity index (χ2v) is 5.09. The van der Waals surface area contributed by atoms with Crippen LogP contribution in [0.25, 0.3) is 0 Å². The molecule has 5 nitrogen and oxygen atoms in total. The Labute approximate surface area is 115 Å². The fraction of sp³-hybridized carbons (Fsp3) is 0.643. The summed E-state index contributed by atoms with van der Waals surface area (Å²) in [5.74, 6) is 0. The van der Waals surface area contributed by atoms with Gasteiger partial charge in [0.2, 0.25) is 0 Å². The molecule has 1 aromatic rings. The first-order valence-corrected chi connectivity index (χ1v) is 6.86. The fourth-order valence-corrected chi connectivity index (χ4v) is 2.01. The first-order chi connectivity index (χ1) is 9.02. The van der Waals surface area contributed by atoms with Crippen molar-refractivity contribution in [3.8, 4) is 0 Å². The van der Waals surface area contributed by atoms with E-state index >= 15 is 0 Å². The van der Waals surface area contributed by atoms with Crippen LogP contribution in [0.5, 0.6) is 0 Å². The first kappa shape index (κ1) is 15.7. The second-order valence-electron chi connectivity index (χ2n) is 5.09. The van der Waals surface area contributed by atoms with Crippen LogP contribution in [-0.4, -0.2) is 54.6 Å². The van der Waals surface area contributed by atoms with Crippen LogP contribution < -0.4 is 11.3 Å². The first-order valence-electron chi connectivity index (χ1n) is 6.86. The number of hydrogen-bond acceptors (Lipinski definition) is 4. The van der Waals surface area contributed by atoms with Crippen molar-refractivity contribution in [1.82, 2.24) is 14.4 Å². The molecule has 2 N–H and O–H groups in total. The molecule has 1 aromatic heterocycles. The highest BCUT2D eigenvalue weighted by atomic mass is 16.1. The maximum Gasteiger partial charge on any atom is 0.250 e. The molecule has 0 bridgehead atoms. The average Bonchev–Trinajstić information content (AvgIpc) is 2.37. The van der Waals surface area contributed by atoms with E-state index in [1.54, 1.807) is 16.8 Å². The minimum atomic E-state index is 0.0125. The van der Waals surface area contributed by atoms with Gasteiger partial charge in [-0.1, -0.05) is 6.92 Å². The molecule has 19 heavy (non-hydrogen) atoms. The molecule has 0 saturated heterocycles. The summed E-state index contributed by atoms with van der Waals surface area (Å²) >= 11 is 0. The molecule has 108 valence electrons. The topological polar surface area (TPSA) is 54.5 Å². The predicted molar refractivity (Wildman–Crippen MR) is 80.4 cm³/mol. The van der Waals surface area contributed by atoms with Gasteiger partial charge in [-0.25, -0.2) is 0 Å². The lowest BCUT2D eigenvalue weighted by atomic mass is 10.3. The van der Waals surface area contributed by atoms with Crippen molar-refractivity contribution in [3.05, 3.63) is 28.7 Å². The minimum absolute atomic E-state index is 0.0125. The van der Waals surface area contributed by atoms with E-state index in [0.29, 0.717) is 12.2 Å². The largest absolute Gasteiger partial charge is 0.398 e. The van der Waals surface area contributed by atoms with Crippen molar-refractivity contribution in [2.75, 3.05) is 46.0 Å². The lowest BCUT2D eigenvalue weighted by Gasteiger charge is -2.21. The van der Waals surface area contributed by atoms with Crippen LogP contribution in [0.15, 0.2) is 23.1 Å². The quantitative estimate of drug-likeness (QED) is 0.753. The molecule has 0 aliphatic heterocycles. The highest BCUT2D eigenvalue weighted by Crippen LogP contribution is 1.98. The molecule has 0 spiro atoms. The van der Waals surface area contributed by atoms with Crippen molar-refractivity contribution in [1.29, 1.82) is 0 Å². The van der Waals surface area contributed by atoms with E-state index in [0.717, 1.165) is 32.6 Å². The van der Waals surface area contributed by atoms with E-state index < -0.39 is 0 Å². The Hall–Kier alpha value is -1.33. The maximum atomic E-state index is 11.7. The van der Waals surface area contributed by atoms with Crippen molar-refractivity contribution >= 4 is 5.69 Å². The van der Waals surface area contributed by atoms with Crippen LogP contribution in [0.2, 0.25) is 0 Å². The molecule has 0 saturated carbocycles. The number of pyridine rings is 1. The molecule has 0 aliphatic rings. The molecule has 1 rings (SSSR count). The van der Waals surface area contributed by atoms with Gasteiger partial charge in [-0.05, 0) is 46.2 Å². The molecule has 0 amide bonds. The van der Waals surface area contributed by atoms with E-state index in [9.17, 15) is 4.79 Å². The monoisotopic (exact) mass is 266 g/mol. The molecule has 0 unspecified atom stereocenters.